The lowest BCUT2D eigenvalue weighted by molar-refractivity contribution is 0.383. The number of nitrogens with zero attached hydrogens (tertiary/aromatic N) is 3. The van der Waals surface area contributed by atoms with E-state index in [2.05, 4.69) is 10.1 Å². The number of fused-ring (bicyclic) bond motifs is 1. The van der Waals surface area contributed by atoms with E-state index in [1.165, 1.54) is 7.11 Å². The molecular formula is C14H13FN4O. The van der Waals surface area contributed by atoms with Gasteiger partial charge in [-0.25, -0.2) is 8.91 Å². The molecule has 1 unspecified atom stereocenters. The zero-order chi connectivity index (χ0) is 14.1. The molecule has 0 fully saturated rings. The summed E-state index contributed by atoms with van der Waals surface area (Å²) in [5.41, 5.74) is 8.00. The highest BCUT2D eigenvalue weighted by Crippen LogP contribution is 2.29. The van der Waals surface area contributed by atoms with Gasteiger partial charge >= 0.3 is 0 Å². The summed E-state index contributed by atoms with van der Waals surface area (Å²) in [5, 5.41) is 4.18. The van der Waals surface area contributed by atoms with Gasteiger partial charge in [0, 0.05) is 23.5 Å². The van der Waals surface area contributed by atoms with Gasteiger partial charge in [0.1, 0.15) is 0 Å². The molecule has 102 valence electrons. The number of ether oxygens (including phenoxy) is 1. The maximum absolute atomic E-state index is 14.3. The zero-order valence-electron chi connectivity index (χ0n) is 10.8. The van der Waals surface area contributed by atoms with E-state index in [0.717, 1.165) is 5.52 Å². The van der Waals surface area contributed by atoms with Crippen molar-refractivity contribution in [1.82, 2.24) is 14.6 Å². The highest BCUT2D eigenvalue weighted by Gasteiger charge is 2.19. The fourth-order valence-electron chi connectivity index (χ4n) is 2.19. The van der Waals surface area contributed by atoms with Gasteiger partial charge in [0.25, 0.3) is 0 Å². The fourth-order valence-corrected chi connectivity index (χ4v) is 2.19. The third-order valence-corrected chi connectivity index (χ3v) is 3.24. The number of methoxy groups -OCH3 is 1. The van der Waals surface area contributed by atoms with Gasteiger partial charge in [0.15, 0.2) is 11.6 Å². The normalized spacial score (nSPS) is 12.6. The molecule has 0 aliphatic rings. The van der Waals surface area contributed by atoms with Gasteiger partial charge in [-0.15, -0.1) is 0 Å². The first kappa shape index (κ1) is 12.6. The van der Waals surface area contributed by atoms with Gasteiger partial charge in [-0.2, -0.15) is 5.10 Å². The molecule has 0 bridgehead atoms. The molecule has 0 aliphatic heterocycles. The maximum atomic E-state index is 14.3. The van der Waals surface area contributed by atoms with E-state index in [1.807, 2.05) is 0 Å². The number of aromatic nitrogens is 3. The van der Waals surface area contributed by atoms with Crippen LogP contribution in [0.25, 0.3) is 5.52 Å². The van der Waals surface area contributed by atoms with E-state index in [4.69, 9.17) is 10.5 Å². The van der Waals surface area contributed by atoms with E-state index < -0.39 is 11.9 Å². The van der Waals surface area contributed by atoms with Crippen LogP contribution in [-0.4, -0.2) is 21.7 Å². The topological polar surface area (TPSA) is 65.4 Å². The minimum atomic E-state index is -0.633. The Morgan fingerprint density at radius 1 is 1.30 bits per heavy atom. The predicted octanol–water partition coefficient (Wildman–Crippen LogP) is 1.93. The monoisotopic (exact) mass is 272 g/mol. The summed E-state index contributed by atoms with van der Waals surface area (Å²) in [6.45, 7) is 0. The Balaban J connectivity index is 2.11. The number of nitrogens with two attached hydrogens (primary N) is 1. The Labute approximate surface area is 114 Å². The van der Waals surface area contributed by atoms with Crippen LogP contribution in [-0.2, 0) is 0 Å². The van der Waals surface area contributed by atoms with Crippen LogP contribution in [0.4, 0.5) is 4.39 Å². The van der Waals surface area contributed by atoms with E-state index >= 15 is 0 Å². The molecule has 0 spiro atoms. The maximum Gasteiger partial charge on any atom is 0.170 e. The van der Waals surface area contributed by atoms with Crippen LogP contribution < -0.4 is 10.5 Å². The predicted molar refractivity (Wildman–Crippen MR) is 72.0 cm³/mol. The summed E-state index contributed by atoms with van der Waals surface area (Å²) in [7, 11) is 1.42. The van der Waals surface area contributed by atoms with E-state index in [1.54, 1.807) is 47.5 Å². The standard InChI is InChI=1S/C14H13FN4O/c1-20-12-4-2-3-9(13(12)15)14(16)10-7-18-19-6-5-17-8-11(10)19/h2-8,14H,16H2,1H3. The molecule has 2 heterocycles. The van der Waals surface area contributed by atoms with Gasteiger partial charge in [0.05, 0.1) is 31.1 Å². The number of benzene rings is 1. The molecule has 0 saturated heterocycles. The number of hydrogen-bond donors (Lipinski definition) is 1. The van der Waals surface area contributed by atoms with Crippen LogP contribution >= 0.6 is 0 Å². The number of hydrogen-bond acceptors (Lipinski definition) is 4. The Bertz CT molecular complexity index is 756. The Kier molecular flexibility index (Phi) is 3.08. The summed E-state index contributed by atoms with van der Waals surface area (Å²) in [6.07, 6.45) is 6.62. The van der Waals surface area contributed by atoms with Crippen molar-refractivity contribution >= 4 is 5.52 Å². The summed E-state index contributed by atoms with van der Waals surface area (Å²) < 4.78 is 20.9. The fraction of sp³-hybridized carbons (Fsp3) is 0.143. The Morgan fingerprint density at radius 3 is 2.95 bits per heavy atom. The highest BCUT2D eigenvalue weighted by molar-refractivity contribution is 5.56. The average Bonchev–Trinajstić information content (AvgIpc) is 2.91. The van der Waals surface area contributed by atoms with Gasteiger partial charge in [0.2, 0.25) is 0 Å². The number of halogens is 1. The summed E-state index contributed by atoms with van der Waals surface area (Å²) >= 11 is 0. The second-order valence-corrected chi connectivity index (χ2v) is 4.35. The quantitative estimate of drug-likeness (QED) is 0.791. The van der Waals surface area contributed by atoms with Crippen molar-refractivity contribution in [2.24, 2.45) is 5.73 Å². The highest BCUT2D eigenvalue weighted by atomic mass is 19.1. The second kappa shape index (κ2) is 4.90. The van der Waals surface area contributed by atoms with E-state index in [9.17, 15) is 4.39 Å². The minimum Gasteiger partial charge on any atom is -0.494 e. The first-order valence-electron chi connectivity index (χ1n) is 6.07. The van der Waals surface area contributed by atoms with Gasteiger partial charge in [-0.3, -0.25) is 4.98 Å². The molecule has 6 heteroatoms. The van der Waals surface area contributed by atoms with Crippen LogP contribution in [0, 0.1) is 5.82 Å². The lowest BCUT2D eigenvalue weighted by atomic mass is 10.0. The molecule has 3 rings (SSSR count). The molecule has 0 saturated carbocycles. The van der Waals surface area contributed by atoms with Crippen molar-refractivity contribution in [2.75, 3.05) is 7.11 Å². The van der Waals surface area contributed by atoms with Crippen LogP contribution in [0.5, 0.6) is 5.75 Å². The van der Waals surface area contributed by atoms with E-state index in [-0.39, 0.29) is 5.75 Å². The first-order chi connectivity index (χ1) is 9.72. The smallest absolute Gasteiger partial charge is 0.170 e. The van der Waals surface area contributed by atoms with Crippen molar-refractivity contribution < 1.29 is 9.13 Å². The van der Waals surface area contributed by atoms with Gasteiger partial charge in [-0.05, 0) is 6.07 Å². The van der Waals surface area contributed by atoms with Crippen molar-refractivity contribution in [3.05, 3.63) is 59.9 Å². The largest absolute Gasteiger partial charge is 0.494 e. The second-order valence-electron chi connectivity index (χ2n) is 4.35. The SMILES string of the molecule is COc1cccc(C(N)c2cnn3ccncc23)c1F. The van der Waals surface area contributed by atoms with Crippen molar-refractivity contribution in [1.29, 1.82) is 0 Å². The lowest BCUT2D eigenvalue weighted by Gasteiger charge is -2.13. The summed E-state index contributed by atoms with van der Waals surface area (Å²) in [6, 6.07) is 4.28. The third-order valence-electron chi connectivity index (χ3n) is 3.24. The molecule has 1 atom stereocenters. The molecule has 0 radical (unpaired) electrons. The van der Waals surface area contributed by atoms with Crippen LogP contribution in [0.3, 0.4) is 0 Å². The molecule has 2 aromatic heterocycles. The van der Waals surface area contributed by atoms with E-state index in [0.29, 0.717) is 11.1 Å². The summed E-state index contributed by atoms with van der Waals surface area (Å²) in [4.78, 5) is 4.04. The molecule has 0 amide bonds. The summed E-state index contributed by atoms with van der Waals surface area (Å²) in [5.74, 6) is -0.279. The third kappa shape index (κ3) is 1.90. The Morgan fingerprint density at radius 2 is 2.15 bits per heavy atom. The average molecular weight is 272 g/mol. The lowest BCUT2D eigenvalue weighted by Crippen LogP contribution is -2.14. The van der Waals surface area contributed by atoms with Crippen molar-refractivity contribution in [2.45, 2.75) is 6.04 Å². The molecule has 0 aliphatic carbocycles. The molecule has 2 N–H and O–H groups in total. The first-order valence-corrected chi connectivity index (χ1v) is 6.07. The molecule has 5 nitrogen and oxygen atoms in total. The Hall–Kier alpha value is -2.47. The minimum absolute atomic E-state index is 0.174. The zero-order valence-corrected chi connectivity index (χ0v) is 10.8. The number of rotatable bonds is 3. The van der Waals surface area contributed by atoms with Crippen LogP contribution in [0.2, 0.25) is 0 Å². The molecule has 3 aromatic rings. The van der Waals surface area contributed by atoms with Crippen molar-refractivity contribution in [3.63, 3.8) is 0 Å². The van der Waals surface area contributed by atoms with Crippen LogP contribution in [0.1, 0.15) is 17.2 Å². The van der Waals surface area contributed by atoms with Gasteiger partial charge in [-0.1, -0.05) is 12.1 Å². The molecule has 20 heavy (non-hydrogen) atoms. The molecular weight excluding hydrogens is 259 g/mol. The van der Waals surface area contributed by atoms with Crippen LogP contribution in [0.15, 0.2) is 43.0 Å². The van der Waals surface area contributed by atoms with Gasteiger partial charge < -0.3 is 10.5 Å². The molecule has 1 aromatic carbocycles. The van der Waals surface area contributed by atoms with Crippen molar-refractivity contribution in [3.8, 4) is 5.75 Å².